The number of halogens is 1. The Kier molecular flexibility index (Phi) is 5.70. The largest absolute Gasteiger partial charge is 0.350 e. The van der Waals surface area contributed by atoms with Crippen molar-refractivity contribution in [3.63, 3.8) is 0 Å². The summed E-state index contributed by atoms with van der Waals surface area (Å²) in [7, 11) is 0. The van der Waals surface area contributed by atoms with E-state index in [-0.39, 0.29) is 23.5 Å². The molecule has 0 bridgehead atoms. The third-order valence-corrected chi connectivity index (χ3v) is 5.32. The molecule has 2 heterocycles. The molecule has 1 N–H and O–H groups in total. The van der Waals surface area contributed by atoms with Crippen LogP contribution in [-0.2, 0) is 16.1 Å². The number of pyridine rings is 1. The van der Waals surface area contributed by atoms with E-state index in [1.165, 1.54) is 24.3 Å². The number of nitrogens with zero attached hydrogens (tertiary/aromatic N) is 3. The fraction of sp³-hybridized carbons (Fsp3) is 0.0870. The molecule has 1 aliphatic rings. The Labute approximate surface area is 188 Å². The van der Waals surface area contributed by atoms with Gasteiger partial charge in [0.25, 0.3) is 17.5 Å². The van der Waals surface area contributed by atoms with E-state index < -0.39 is 16.7 Å². The van der Waals surface area contributed by atoms with Crippen molar-refractivity contribution in [3.05, 3.63) is 105 Å². The Morgan fingerprint density at radius 2 is 1.72 bits per heavy atom. The second kappa shape index (κ2) is 8.60. The molecule has 1 aliphatic heterocycles. The van der Waals surface area contributed by atoms with Crippen molar-refractivity contribution < 1.29 is 14.5 Å². The van der Waals surface area contributed by atoms with Gasteiger partial charge in [0.15, 0.2) is 0 Å². The number of non-ortho nitro benzene ring substituents is 1. The second-order valence-electron chi connectivity index (χ2n) is 7.19. The maximum absolute atomic E-state index is 13.3. The number of aromatic nitrogens is 1. The molecule has 0 radical (unpaired) electrons. The van der Waals surface area contributed by atoms with Crippen LogP contribution in [0.2, 0.25) is 5.02 Å². The van der Waals surface area contributed by atoms with E-state index in [4.69, 9.17) is 11.6 Å². The highest BCUT2D eigenvalue weighted by molar-refractivity contribution is 6.36. The molecular formula is C23H17ClN4O4. The molecule has 0 spiro atoms. The van der Waals surface area contributed by atoms with Crippen molar-refractivity contribution in [3.8, 4) is 0 Å². The summed E-state index contributed by atoms with van der Waals surface area (Å²) in [6.45, 7) is 1.91. The minimum atomic E-state index is -0.524. The third kappa shape index (κ3) is 4.08. The number of amides is 2. The number of rotatable bonds is 6. The van der Waals surface area contributed by atoms with Gasteiger partial charge in [-0.15, -0.1) is 0 Å². The van der Waals surface area contributed by atoms with Gasteiger partial charge < -0.3 is 5.32 Å². The number of hydrogen-bond donors (Lipinski definition) is 1. The molecule has 3 aromatic rings. The molecule has 0 unspecified atom stereocenters. The van der Waals surface area contributed by atoms with Gasteiger partial charge in [-0.1, -0.05) is 17.7 Å². The lowest BCUT2D eigenvalue weighted by Crippen LogP contribution is -2.32. The SMILES string of the molecule is Cc1ccc(Cl)cc1NC1=C(c2ccc([N+](=O)[O-])cc2)C(=O)N(Cc2ccncc2)C1=O. The molecule has 4 rings (SSSR count). The van der Waals surface area contributed by atoms with Gasteiger partial charge in [-0.3, -0.25) is 29.6 Å². The molecule has 0 saturated heterocycles. The number of carbonyl (C=O) groups excluding carboxylic acids is 2. The van der Waals surface area contributed by atoms with E-state index in [0.29, 0.717) is 16.3 Å². The molecule has 2 aromatic carbocycles. The van der Waals surface area contributed by atoms with Crippen molar-refractivity contribution in [2.24, 2.45) is 0 Å². The number of imide groups is 1. The quantitative estimate of drug-likeness (QED) is 0.341. The van der Waals surface area contributed by atoms with Crippen molar-refractivity contribution in [1.82, 2.24) is 9.88 Å². The maximum atomic E-state index is 13.3. The zero-order chi connectivity index (χ0) is 22.8. The Balaban J connectivity index is 1.78. The van der Waals surface area contributed by atoms with E-state index in [1.807, 2.05) is 6.92 Å². The first-order valence-corrected chi connectivity index (χ1v) is 10.0. The predicted octanol–water partition coefficient (Wildman–Crippen LogP) is 4.34. The average Bonchev–Trinajstić information content (AvgIpc) is 3.01. The summed E-state index contributed by atoms with van der Waals surface area (Å²) < 4.78 is 0. The minimum absolute atomic E-state index is 0.0658. The van der Waals surface area contributed by atoms with Crippen LogP contribution in [0.15, 0.2) is 72.7 Å². The highest BCUT2D eigenvalue weighted by Crippen LogP contribution is 2.33. The fourth-order valence-electron chi connectivity index (χ4n) is 3.39. The van der Waals surface area contributed by atoms with E-state index in [9.17, 15) is 19.7 Å². The molecular weight excluding hydrogens is 432 g/mol. The summed E-state index contributed by atoms with van der Waals surface area (Å²) >= 11 is 6.12. The molecule has 0 fully saturated rings. The lowest BCUT2D eigenvalue weighted by Gasteiger charge is -2.15. The van der Waals surface area contributed by atoms with Crippen LogP contribution in [-0.4, -0.2) is 26.6 Å². The molecule has 160 valence electrons. The first-order valence-electron chi connectivity index (χ1n) is 9.62. The summed E-state index contributed by atoms with van der Waals surface area (Å²) in [5.41, 5.74) is 2.66. The minimum Gasteiger partial charge on any atom is -0.350 e. The standard InChI is InChI=1S/C23H17ClN4O4/c1-14-2-5-17(24)12-19(14)26-21-20(16-3-6-18(7-4-16)28(31)32)22(29)27(23(21)30)13-15-8-10-25-11-9-15/h2-12,26H,13H2,1H3. The summed E-state index contributed by atoms with van der Waals surface area (Å²) in [6, 6.07) is 14.2. The van der Waals surface area contributed by atoms with Crippen LogP contribution in [0.4, 0.5) is 11.4 Å². The summed E-state index contributed by atoms with van der Waals surface area (Å²) in [5, 5.41) is 14.6. The highest BCUT2D eigenvalue weighted by Gasteiger charge is 2.39. The Hall–Kier alpha value is -4.04. The van der Waals surface area contributed by atoms with Crippen LogP contribution in [0.1, 0.15) is 16.7 Å². The number of nitro benzene ring substituents is 1. The van der Waals surface area contributed by atoms with E-state index in [1.54, 1.807) is 42.7 Å². The Morgan fingerprint density at radius 3 is 2.38 bits per heavy atom. The molecule has 1 aromatic heterocycles. The molecule has 8 nitrogen and oxygen atoms in total. The monoisotopic (exact) mass is 448 g/mol. The van der Waals surface area contributed by atoms with Crippen molar-refractivity contribution in [1.29, 1.82) is 0 Å². The van der Waals surface area contributed by atoms with E-state index in [2.05, 4.69) is 10.3 Å². The van der Waals surface area contributed by atoms with Gasteiger partial charge in [0.2, 0.25) is 0 Å². The molecule has 9 heteroatoms. The van der Waals surface area contributed by atoms with Gasteiger partial charge in [0.1, 0.15) is 5.70 Å². The molecule has 0 atom stereocenters. The first kappa shape index (κ1) is 21.2. The number of nitro groups is 1. The number of aryl methyl sites for hydroxylation is 1. The van der Waals surface area contributed by atoms with Gasteiger partial charge >= 0.3 is 0 Å². The van der Waals surface area contributed by atoms with Crippen LogP contribution >= 0.6 is 11.6 Å². The molecule has 32 heavy (non-hydrogen) atoms. The topological polar surface area (TPSA) is 105 Å². The lowest BCUT2D eigenvalue weighted by atomic mass is 10.0. The van der Waals surface area contributed by atoms with Crippen LogP contribution in [0.25, 0.3) is 5.57 Å². The fourth-order valence-corrected chi connectivity index (χ4v) is 3.56. The maximum Gasteiger partial charge on any atom is 0.278 e. The van der Waals surface area contributed by atoms with Gasteiger partial charge in [-0.2, -0.15) is 0 Å². The Bertz CT molecular complexity index is 1260. The van der Waals surface area contributed by atoms with Crippen molar-refractivity contribution in [2.75, 3.05) is 5.32 Å². The summed E-state index contributed by atoms with van der Waals surface area (Å²) in [4.78, 5) is 42.2. The van der Waals surface area contributed by atoms with Crippen LogP contribution in [0.3, 0.4) is 0 Å². The third-order valence-electron chi connectivity index (χ3n) is 5.08. The zero-order valence-corrected chi connectivity index (χ0v) is 17.7. The number of anilines is 1. The highest BCUT2D eigenvalue weighted by atomic mass is 35.5. The normalized spacial score (nSPS) is 13.6. The average molecular weight is 449 g/mol. The Morgan fingerprint density at radius 1 is 1.03 bits per heavy atom. The number of carbonyl (C=O) groups is 2. The van der Waals surface area contributed by atoms with Gasteiger partial charge in [0, 0.05) is 35.2 Å². The van der Waals surface area contributed by atoms with E-state index in [0.717, 1.165) is 16.0 Å². The van der Waals surface area contributed by atoms with Crippen LogP contribution in [0.5, 0.6) is 0 Å². The van der Waals surface area contributed by atoms with Gasteiger partial charge in [0.05, 0.1) is 17.0 Å². The van der Waals surface area contributed by atoms with Gasteiger partial charge in [-0.05, 0) is 60.0 Å². The number of hydrogen-bond acceptors (Lipinski definition) is 6. The van der Waals surface area contributed by atoms with Crippen molar-refractivity contribution in [2.45, 2.75) is 13.5 Å². The van der Waals surface area contributed by atoms with Crippen LogP contribution < -0.4 is 5.32 Å². The van der Waals surface area contributed by atoms with Gasteiger partial charge in [-0.25, -0.2) is 0 Å². The second-order valence-corrected chi connectivity index (χ2v) is 7.63. The molecule has 2 amide bonds. The van der Waals surface area contributed by atoms with E-state index >= 15 is 0 Å². The predicted molar refractivity (Wildman–Crippen MR) is 120 cm³/mol. The lowest BCUT2D eigenvalue weighted by molar-refractivity contribution is -0.384. The zero-order valence-electron chi connectivity index (χ0n) is 16.9. The molecule has 0 saturated carbocycles. The number of benzene rings is 2. The molecule has 0 aliphatic carbocycles. The summed E-state index contributed by atoms with van der Waals surface area (Å²) in [6.07, 6.45) is 3.17. The number of nitrogens with one attached hydrogen (secondary N) is 1. The smallest absolute Gasteiger partial charge is 0.278 e. The summed E-state index contributed by atoms with van der Waals surface area (Å²) in [5.74, 6) is -0.998. The van der Waals surface area contributed by atoms with Crippen molar-refractivity contribution >= 4 is 40.4 Å². The first-order chi connectivity index (χ1) is 15.3. The van der Waals surface area contributed by atoms with Crippen LogP contribution in [0, 0.1) is 17.0 Å².